The molecule has 0 aliphatic rings. The molecule has 0 aliphatic carbocycles. The standard InChI is InChI=1S/C5H10.C4H10.2C2H6.I2.Y/c1-3-5-4-2;1-3-4-2;3*1-2;/h1-5H2;3-4H2,1-2H3;2*1-2H3;;/q-2;;;;;. The molecule has 0 fully saturated rings. The van der Waals surface area contributed by atoms with E-state index in [1.54, 1.807) is 0 Å². The first-order valence-electron chi connectivity index (χ1n) is 6.06. The second-order valence-corrected chi connectivity index (χ2v) is 2.06. The first-order chi connectivity index (χ1) is 7.33. The Kier molecular flexibility index (Phi) is 191. The van der Waals surface area contributed by atoms with Crippen LogP contribution in [0.3, 0.4) is 0 Å². The quantitative estimate of drug-likeness (QED) is 0.262. The monoisotopic (exact) mass is 531 g/mol. The molecular formula is C13H32I2Y-2. The van der Waals surface area contributed by atoms with E-state index in [0.717, 1.165) is 12.8 Å². The van der Waals surface area contributed by atoms with Gasteiger partial charge in [-0.2, -0.15) is 12.8 Å². The van der Waals surface area contributed by atoms with E-state index >= 15 is 0 Å². The Labute approximate surface area is 155 Å². The van der Waals surface area contributed by atoms with E-state index in [4.69, 9.17) is 0 Å². The van der Waals surface area contributed by atoms with Gasteiger partial charge in [0.25, 0.3) is 0 Å². The summed E-state index contributed by atoms with van der Waals surface area (Å²) in [7, 11) is 0. The van der Waals surface area contributed by atoms with Crippen LogP contribution in [-0.4, -0.2) is 0 Å². The molecule has 0 saturated heterocycles. The van der Waals surface area contributed by atoms with E-state index < -0.39 is 0 Å². The molecule has 0 aliphatic heterocycles. The summed E-state index contributed by atoms with van der Waals surface area (Å²) in [5.41, 5.74) is 0. The topological polar surface area (TPSA) is 0 Å². The van der Waals surface area contributed by atoms with Crippen LogP contribution in [-0.2, 0) is 32.7 Å². The van der Waals surface area contributed by atoms with Crippen molar-refractivity contribution in [1.29, 1.82) is 0 Å². The smallest absolute Gasteiger partial charge is 0 e. The van der Waals surface area contributed by atoms with Gasteiger partial charge in [0, 0.05) is 69.9 Å². The number of unbranched alkanes of at least 4 members (excludes halogenated alkanes) is 3. The van der Waals surface area contributed by atoms with Crippen molar-refractivity contribution in [2.75, 3.05) is 0 Å². The minimum atomic E-state index is 0. The van der Waals surface area contributed by atoms with Crippen LogP contribution in [0.4, 0.5) is 0 Å². The van der Waals surface area contributed by atoms with Crippen LogP contribution in [0.25, 0.3) is 0 Å². The molecule has 0 aromatic carbocycles. The van der Waals surface area contributed by atoms with E-state index in [2.05, 4.69) is 64.9 Å². The van der Waals surface area contributed by atoms with Gasteiger partial charge in [-0.25, -0.2) is 0 Å². The van der Waals surface area contributed by atoms with Crippen molar-refractivity contribution >= 4 is 37.2 Å². The molecule has 0 amide bonds. The molecule has 16 heavy (non-hydrogen) atoms. The summed E-state index contributed by atoms with van der Waals surface area (Å²) in [6, 6.07) is 0. The number of halogens is 2. The summed E-state index contributed by atoms with van der Waals surface area (Å²) in [4.78, 5) is 0. The first-order valence-corrected chi connectivity index (χ1v) is 12.3. The summed E-state index contributed by atoms with van der Waals surface area (Å²) in [5.74, 6) is 0. The summed E-state index contributed by atoms with van der Waals surface area (Å²) >= 11 is 4.24. The molecule has 0 N–H and O–H groups in total. The van der Waals surface area contributed by atoms with Gasteiger partial charge in [0.15, 0.2) is 0 Å². The van der Waals surface area contributed by atoms with E-state index in [1.165, 1.54) is 19.3 Å². The average molecular weight is 531 g/mol. The van der Waals surface area contributed by atoms with Gasteiger partial charge in [0.1, 0.15) is 0 Å². The molecule has 0 bridgehead atoms. The zero-order valence-corrected chi connectivity index (χ0v) is 19.4. The molecule has 0 rings (SSSR count). The third-order valence-electron chi connectivity index (χ3n) is 1.000. The van der Waals surface area contributed by atoms with E-state index in [-0.39, 0.29) is 32.7 Å². The average Bonchev–Trinajstić information content (AvgIpc) is 2.38. The minimum absolute atomic E-state index is 0. The Morgan fingerprint density at radius 1 is 0.750 bits per heavy atom. The second-order valence-electron chi connectivity index (χ2n) is 2.06. The van der Waals surface area contributed by atoms with Gasteiger partial charge in [-0.1, -0.05) is 54.4 Å². The zero-order valence-electron chi connectivity index (χ0n) is 12.3. The Morgan fingerprint density at radius 3 is 0.938 bits per heavy atom. The number of hydrogen-bond donors (Lipinski definition) is 0. The summed E-state index contributed by atoms with van der Waals surface area (Å²) in [5, 5.41) is 0. The van der Waals surface area contributed by atoms with Crippen molar-refractivity contribution in [2.45, 2.75) is 73.6 Å². The molecule has 0 unspecified atom stereocenters. The van der Waals surface area contributed by atoms with Crippen molar-refractivity contribution in [3.63, 3.8) is 0 Å². The molecule has 0 saturated carbocycles. The SMILES string of the molecule is CC.CC.CCCC.II.[CH2-]CCC[CH2-].[Y]. The van der Waals surface area contributed by atoms with Gasteiger partial charge in [-0.15, -0.1) is 6.42 Å². The van der Waals surface area contributed by atoms with E-state index in [0.29, 0.717) is 0 Å². The van der Waals surface area contributed by atoms with Crippen LogP contribution in [0.2, 0.25) is 0 Å². The zero-order chi connectivity index (χ0) is 13.5. The van der Waals surface area contributed by atoms with Crippen LogP contribution in [0.5, 0.6) is 0 Å². The van der Waals surface area contributed by atoms with Crippen LogP contribution in [0.1, 0.15) is 73.6 Å². The van der Waals surface area contributed by atoms with Crippen molar-refractivity contribution in [3.8, 4) is 0 Å². The fourth-order valence-corrected chi connectivity index (χ4v) is 0.177. The first kappa shape index (κ1) is 36.3. The third-order valence-corrected chi connectivity index (χ3v) is 1.000. The van der Waals surface area contributed by atoms with Gasteiger partial charge in [0.05, 0.1) is 0 Å². The molecule has 3 heteroatoms. The molecule has 0 atom stereocenters. The Morgan fingerprint density at radius 2 is 0.938 bits per heavy atom. The fourth-order valence-electron chi connectivity index (χ4n) is 0.177. The second kappa shape index (κ2) is 84.2. The summed E-state index contributed by atoms with van der Waals surface area (Å²) < 4.78 is 0. The molecule has 0 nitrogen and oxygen atoms in total. The predicted molar refractivity (Wildman–Crippen MR) is 95.9 cm³/mol. The third kappa shape index (κ3) is 130. The van der Waals surface area contributed by atoms with Crippen LogP contribution < -0.4 is 0 Å². The van der Waals surface area contributed by atoms with E-state index in [9.17, 15) is 0 Å². The Hall–Kier alpha value is 2.56. The Balaban J connectivity index is -0.0000000207. The van der Waals surface area contributed by atoms with Crippen LogP contribution in [0.15, 0.2) is 0 Å². The van der Waals surface area contributed by atoms with Crippen LogP contribution in [0, 0.1) is 13.8 Å². The normalized spacial score (nSPS) is 5.62. The number of hydrogen-bond acceptors (Lipinski definition) is 0. The van der Waals surface area contributed by atoms with Crippen LogP contribution >= 0.6 is 37.2 Å². The van der Waals surface area contributed by atoms with Gasteiger partial charge in [0.2, 0.25) is 0 Å². The Bertz CT molecular complexity index is 33.1. The van der Waals surface area contributed by atoms with Gasteiger partial charge < -0.3 is 13.8 Å². The van der Waals surface area contributed by atoms with Crippen molar-refractivity contribution in [3.05, 3.63) is 13.8 Å². The minimum Gasteiger partial charge on any atom is -0.343 e. The van der Waals surface area contributed by atoms with Crippen molar-refractivity contribution < 1.29 is 32.7 Å². The molecule has 0 aromatic rings. The summed E-state index contributed by atoms with van der Waals surface area (Å²) in [6.45, 7) is 19.6. The molecule has 0 spiro atoms. The van der Waals surface area contributed by atoms with E-state index in [1.807, 2.05) is 27.7 Å². The molecule has 0 aromatic heterocycles. The van der Waals surface area contributed by atoms with Gasteiger partial charge in [-0.05, 0) is 0 Å². The fraction of sp³-hybridized carbons (Fsp3) is 0.846. The molecule has 1 radical (unpaired) electrons. The maximum absolute atomic E-state index is 3.64. The predicted octanol–water partition coefficient (Wildman–Crippen LogP) is 7.45. The largest absolute Gasteiger partial charge is 0.343 e. The molecule has 103 valence electrons. The maximum Gasteiger partial charge on any atom is 0 e. The maximum atomic E-state index is 3.64. The van der Waals surface area contributed by atoms with Gasteiger partial charge >= 0.3 is 0 Å². The van der Waals surface area contributed by atoms with Crippen molar-refractivity contribution in [2.24, 2.45) is 0 Å². The number of rotatable bonds is 3. The van der Waals surface area contributed by atoms with Gasteiger partial charge in [-0.3, -0.25) is 0 Å². The molecular weight excluding hydrogens is 499 g/mol. The molecule has 0 heterocycles. The summed E-state index contributed by atoms with van der Waals surface area (Å²) in [6.07, 6.45) is 5.87. The van der Waals surface area contributed by atoms with Crippen molar-refractivity contribution in [1.82, 2.24) is 0 Å².